The van der Waals surface area contributed by atoms with Gasteiger partial charge in [-0.25, -0.2) is 13.2 Å². The van der Waals surface area contributed by atoms with E-state index in [-0.39, 0.29) is 23.5 Å². The van der Waals surface area contributed by atoms with Crippen LogP contribution in [0.1, 0.15) is 13.8 Å². The first-order chi connectivity index (χ1) is 9.66. The van der Waals surface area contributed by atoms with Gasteiger partial charge in [-0.2, -0.15) is 4.31 Å². The van der Waals surface area contributed by atoms with Crippen LogP contribution in [-0.2, 0) is 24.1 Å². The number of sulfonamides is 1. The van der Waals surface area contributed by atoms with Crippen molar-refractivity contribution in [1.29, 1.82) is 0 Å². The summed E-state index contributed by atoms with van der Waals surface area (Å²) in [7, 11) is -1.24. The third-order valence-electron chi connectivity index (χ3n) is 3.71. The summed E-state index contributed by atoms with van der Waals surface area (Å²) >= 11 is 0. The fourth-order valence-electron chi connectivity index (χ4n) is 2.40. The van der Waals surface area contributed by atoms with Crippen LogP contribution in [0, 0.1) is 0 Å². The van der Waals surface area contributed by atoms with E-state index in [1.165, 1.54) is 18.4 Å². The summed E-state index contributed by atoms with van der Waals surface area (Å²) in [4.78, 5) is 23.4. The van der Waals surface area contributed by atoms with E-state index in [2.05, 4.69) is 5.32 Å². The molecular formula is C12H20N4O4S. The molecule has 2 atom stereocenters. The van der Waals surface area contributed by atoms with Gasteiger partial charge in [0.15, 0.2) is 4.90 Å². The zero-order valence-electron chi connectivity index (χ0n) is 12.5. The van der Waals surface area contributed by atoms with Crippen LogP contribution >= 0.6 is 0 Å². The average molecular weight is 316 g/mol. The van der Waals surface area contributed by atoms with Gasteiger partial charge in [-0.1, -0.05) is 0 Å². The Hall–Kier alpha value is -1.45. The number of aromatic nitrogens is 2. The second kappa shape index (κ2) is 5.39. The van der Waals surface area contributed by atoms with E-state index in [0.29, 0.717) is 6.54 Å². The predicted molar refractivity (Wildman–Crippen MR) is 77.7 cm³/mol. The number of hydrogen-bond donors (Lipinski definition) is 1. The Morgan fingerprint density at radius 3 is 2.48 bits per heavy atom. The first-order valence-electron chi connectivity index (χ1n) is 6.68. The Morgan fingerprint density at radius 1 is 1.24 bits per heavy atom. The van der Waals surface area contributed by atoms with Gasteiger partial charge in [0.2, 0.25) is 10.0 Å². The molecule has 0 amide bonds. The second-order valence-electron chi connectivity index (χ2n) is 5.48. The summed E-state index contributed by atoms with van der Waals surface area (Å²) in [5.41, 5.74) is -1.35. The van der Waals surface area contributed by atoms with Gasteiger partial charge in [-0.05, 0) is 13.8 Å². The minimum Gasteiger partial charge on any atom is -0.311 e. The lowest BCUT2D eigenvalue weighted by Gasteiger charge is -2.36. The van der Waals surface area contributed by atoms with Crippen molar-refractivity contribution in [2.45, 2.75) is 30.8 Å². The Morgan fingerprint density at radius 2 is 1.86 bits per heavy atom. The molecule has 0 radical (unpaired) electrons. The molecule has 2 heterocycles. The molecule has 0 aromatic carbocycles. The molecule has 8 nitrogen and oxygen atoms in total. The van der Waals surface area contributed by atoms with E-state index in [0.717, 1.165) is 15.3 Å². The maximum atomic E-state index is 12.7. The molecule has 0 bridgehead atoms. The Balaban J connectivity index is 2.60. The molecule has 118 valence electrons. The molecule has 2 unspecified atom stereocenters. The summed E-state index contributed by atoms with van der Waals surface area (Å²) in [5, 5.41) is 3.19. The van der Waals surface area contributed by atoms with Crippen molar-refractivity contribution >= 4 is 10.0 Å². The van der Waals surface area contributed by atoms with Crippen molar-refractivity contribution in [3.63, 3.8) is 0 Å². The monoisotopic (exact) mass is 316 g/mol. The summed E-state index contributed by atoms with van der Waals surface area (Å²) in [6.07, 6.45) is 1.10. The number of nitrogens with one attached hydrogen (secondary N) is 1. The van der Waals surface area contributed by atoms with Crippen LogP contribution in [0.4, 0.5) is 0 Å². The zero-order valence-corrected chi connectivity index (χ0v) is 13.3. The van der Waals surface area contributed by atoms with E-state index >= 15 is 0 Å². The van der Waals surface area contributed by atoms with Gasteiger partial charge in [0, 0.05) is 45.5 Å². The molecule has 2 rings (SSSR count). The number of rotatable bonds is 2. The molecule has 1 N–H and O–H groups in total. The fraction of sp³-hybridized carbons (Fsp3) is 0.667. The molecule has 1 aromatic rings. The maximum Gasteiger partial charge on any atom is 0.330 e. The molecule has 1 fully saturated rings. The normalized spacial score (nSPS) is 24.2. The quantitative estimate of drug-likeness (QED) is 0.713. The van der Waals surface area contributed by atoms with Crippen LogP contribution in [0.25, 0.3) is 0 Å². The van der Waals surface area contributed by atoms with E-state index in [9.17, 15) is 18.0 Å². The SMILES string of the molecule is CC1CN(S(=O)(=O)c2cn(C)c(=O)n(C)c2=O)C(C)CN1. The smallest absolute Gasteiger partial charge is 0.311 e. The Labute approximate surface area is 123 Å². The van der Waals surface area contributed by atoms with Crippen LogP contribution < -0.4 is 16.6 Å². The summed E-state index contributed by atoms with van der Waals surface area (Å²) in [6, 6.07) is -0.250. The van der Waals surface area contributed by atoms with Gasteiger partial charge in [-0.15, -0.1) is 0 Å². The van der Waals surface area contributed by atoms with E-state index in [4.69, 9.17) is 0 Å². The second-order valence-corrected chi connectivity index (χ2v) is 7.34. The topological polar surface area (TPSA) is 93.4 Å². The molecule has 0 saturated carbocycles. The number of aryl methyl sites for hydroxylation is 1. The fourth-order valence-corrected chi connectivity index (χ4v) is 4.27. The lowest BCUT2D eigenvalue weighted by Crippen LogP contribution is -2.57. The first kappa shape index (κ1) is 15.9. The summed E-state index contributed by atoms with van der Waals surface area (Å²) in [5.74, 6) is 0. The van der Waals surface area contributed by atoms with Crippen molar-refractivity contribution < 1.29 is 8.42 Å². The maximum absolute atomic E-state index is 12.7. The molecule has 1 saturated heterocycles. The van der Waals surface area contributed by atoms with Crippen molar-refractivity contribution in [2.24, 2.45) is 14.1 Å². The van der Waals surface area contributed by atoms with Crippen LogP contribution in [-0.4, -0.2) is 47.0 Å². The molecule has 1 aromatic heterocycles. The van der Waals surface area contributed by atoms with Crippen LogP contribution in [0.5, 0.6) is 0 Å². The van der Waals surface area contributed by atoms with Gasteiger partial charge in [0.25, 0.3) is 5.56 Å². The third kappa shape index (κ3) is 2.68. The van der Waals surface area contributed by atoms with Gasteiger partial charge < -0.3 is 9.88 Å². The zero-order chi connectivity index (χ0) is 15.9. The van der Waals surface area contributed by atoms with Crippen LogP contribution in [0.15, 0.2) is 20.7 Å². The molecule has 0 aliphatic carbocycles. The molecule has 21 heavy (non-hydrogen) atoms. The molecule has 0 spiro atoms. The largest absolute Gasteiger partial charge is 0.330 e. The van der Waals surface area contributed by atoms with E-state index < -0.39 is 21.3 Å². The van der Waals surface area contributed by atoms with Gasteiger partial charge in [-0.3, -0.25) is 9.36 Å². The average Bonchev–Trinajstić information content (AvgIpc) is 2.42. The lowest BCUT2D eigenvalue weighted by molar-refractivity contribution is 0.244. The van der Waals surface area contributed by atoms with Crippen LogP contribution in [0.2, 0.25) is 0 Å². The summed E-state index contributed by atoms with van der Waals surface area (Å²) in [6.45, 7) is 4.47. The van der Waals surface area contributed by atoms with Gasteiger partial charge in [0.05, 0.1) is 0 Å². The Bertz CT molecular complexity index is 764. The van der Waals surface area contributed by atoms with Crippen molar-refractivity contribution in [3.8, 4) is 0 Å². The predicted octanol–water partition coefficient (Wildman–Crippen LogP) is -1.55. The van der Waals surface area contributed by atoms with E-state index in [1.807, 2.05) is 6.92 Å². The standard InChI is InChI=1S/C12H20N4O4S/c1-8-6-16(9(2)5-13-8)21(19,20)10-7-14(3)12(18)15(4)11(10)17/h7-9,13H,5-6H2,1-4H3. The first-order valence-corrected chi connectivity index (χ1v) is 8.12. The van der Waals surface area contributed by atoms with Gasteiger partial charge >= 0.3 is 5.69 Å². The van der Waals surface area contributed by atoms with Crippen molar-refractivity contribution in [2.75, 3.05) is 13.1 Å². The lowest BCUT2D eigenvalue weighted by atomic mass is 10.2. The minimum absolute atomic E-state index is 0.00681. The highest BCUT2D eigenvalue weighted by atomic mass is 32.2. The van der Waals surface area contributed by atoms with Crippen molar-refractivity contribution in [3.05, 3.63) is 27.0 Å². The summed E-state index contributed by atoms with van der Waals surface area (Å²) < 4.78 is 28.7. The number of nitrogens with zero attached hydrogens (tertiary/aromatic N) is 3. The third-order valence-corrected chi connectivity index (χ3v) is 5.67. The Kier molecular flexibility index (Phi) is 4.09. The molecule has 1 aliphatic heterocycles. The van der Waals surface area contributed by atoms with E-state index in [1.54, 1.807) is 6.92 Å². The number of piperazine rings is 1. The van der Waals surface area contributed by atoms with Crippen LogP contribution in [0.3, 0.4) is 0 Å². The van der Waals surface area contributed by atoms with Crippen molar-refractivity contribution in [1.82, 2.24) is 18.8 Å². The molecule has 9 heteroatoms. The highest BCUT2D eigenvalue weighted by Crippen LogP contribution is 2.17. The molecule has 1 aliphatic rings. The minimum atomic E-state index is -3.94. The highest BCUT2D eigenvalue weighted by Gasteiger charge is 2.35. The van der Waals surface area contributed by atoms with Gasteiger partial charge in [0.1, 0.15) is 0 Å². The highest BCUT2D eigenvalue weighted by molar-refractivity contribution is 7.89. The number of hydrogen-bond acceptors (Lipinski definition) is 5. The molecular weight excluding hydrogens is 296 g/mol.